The molecule has 1 spiro atoms. The van der Waals surface area contributed by atoms with Crippen molar-refractivity contribution in [1.29, 1.82) is 0 Å². The Morgan fingerprint density at radius 1 is 1.18 bits per heavy atom. The number of hydrogen-bond donors (Lipinski definition) is 1. The zero-order valence-corrected chi connectivity index (χ0v) is 16.9. The molecule has 1 N–H and O–H groups in total. The molecule has 5 rings (SSSR count). The molecule has 0 aliphatic carbocycles. The van der Waals surface area contributed by atoms with Gasteiger partial charge in [0.15, 0.2) is 0 Å². The molecule has 146 valence electrons. The van der Waals surface area contributed by atoms with Gasteiger partial charge in [-0.1, -0.05) is 23.2 Å². The zero-order chi connectivity index (χ0) is 19.5. The Hall–Kier alpha value is -2.24. The number of piperidine rings is 1. The van der Waals surface area contributed by atoms with Crippen molar-refractivity contribution in [2.45, 2.75) is 38.0 Å². The Bertz CT molecular complexity index is 966. The predicted octanol–water partition coefficient (Wildman–Crippen LogP) is 4.32. The lowest BCUT2D eigenvalue weighted by Gasteiger charge is -2.50. The number of fused-ring (bicyclic) bond motifs is 4. The molecule has 1 saturated heterocycles. The van der Waals surface area contributed by atoms with Gasteiger partial charge in [-0.25, -0.2) is 5.01 Å². The van der Waals surface area contributed by atoms with Crippen LogP contribution in [0.5, 0.6) is 11.5 Å². The molecule has 3 aliphatic rings. The molecule has 28 heavy (non-hydrogen) atoms. The number of likely N-dealkylation sites (tertiary alicyclic amines) is 1. The monoisotopic (exact) mass is 397 g/mol. The summed E-state index contributed by atoms with van der Waals surface area (Å²) < 4.78 is 6.59. The molecule has 0 amide bonds. The largest absolute Gasteiger partial charge is 0.507 e. The number of aromatic hydroxyl groups is 1. The predicted molar refractivity (Wildman–Crippen MR) is 110 cm³/mol. The van der Waals surface area contributed by atoms with Gasteiger partial charge in [0, 0.05) is 48.5 Å². The summed E-state index contributed by atoms with van der Waals surface area (Å²) >= 11 is 6.30. The molecule has 0 radical (unpaired) electrons. The second-order valence-electron chi connectivity index (χ2n) is 8.17. The summed E-state index contributed by atoms with van der Waals surface area (Å²) in [6, 6.07) is 11.6. The van der Waals surface area contributed by atoms with Crippen molar-refractivity contribution in [1.82, 2.24) is 9.91 Å². The number of hydrazone groups is 1. The quantitative estimate of drug-likeness (QED) is 0.778. The van der Waals surface area contributed by atoms with Crippen LogP contribution in [0.1, 0.15) is 42.0 Å². The second-order valence-corrected chi connectivity index (χ2v) is 8.60. The van der Waals surface area contributed by atoms with Crippen LogP contribution in [0.4, 0.5) is 0 Å². The van der Waals surface area contributed by atoms with Crippen molar-refractivity contribution >= 4 is 17.3 Å². The smallest absolute Gasteiger partial charge is 0.200 e. The molecule has 6 heteroatoms. The van der Waals surface area contributed by atoms with Gasteiger partial charge in [-0.15, -0.1) is 0 Å². The fraction of sp³-hybridized carbons (Fsp3) is 0.409. The molecular formula is C22H24ClN3O2. The average molecular weight is 398 g/mol. The van der Waals surface area contributed by atoms with E-state index in [1.165, 1.54) is 0 Å². The summed E-state index contributed by atoms with van der Waals surface area (Å²) in [5, 5.41) is 18.3. The van der Waals surface area contributed by atoms with Crippen LogP contribution in [0, 0.1) is 6.92 Å². The Balaban J connectivity index is 1.61. The lowest BCUT2D eigenvalue weighted by atomic mass is 9.90. The summed E-state index contributed by atoms with van der Waals surface area (Å²) in [7, 11) is 2.14. The van der Waals surface area contributed by atoms with E-state index in [0.717, 1.165) is 60.5 Å². The molecule has 0 saturated carbocycles. The SMILES string of the molecule is Cc1ccc(O)c(C2=NN3[C@H](C2)c2cc(Cl)ccc2OC32CCN(C)CC2)c1. The third kappa shape index (κ3) is 2.76. The van der Waals surface area contributed by atoms with Crippen LogP contribution in [-0.4, -0.2) is 46.6 Å². The molecule has 3 aliphatic heterocycles. The summed E-state index contributed by atoms with van der Waals surface area (Å²) in [5.41, 5.74) is 3.44. The molecule has 0 bridgehead atoms. The number of halogens is 1. The standard InChI is InChI=1S/C22H24ClN3O2/c1-14-3-5-20(27)16(11-14)18-13-19-17-12-15(23)4-6-21(17)28-22(26(19)24-18)7-9-25(2)10-8-22/h3-6,11-12,19,27H,7-10,13H2,1-2H3/t19-/m1/s1. The van der Waals surface area contributed by atoms with Crippen LogP contribution in [-0.2, 0) is 0 Å². The maximum absolute atomic E-state index is 10.4. The fourth-order valence-corrected chi connectivity index (χ4v) is 4.78. The maximum atomic E-state index is 10.4. The summed E-state index contributed by atoms with van der Waals surface area (Å²) in [4.78, 5) is 2.33. The van der Waals surface area contributed by atoms with Crippen molar-refractivity contribution in [3.63, 3.8) is 0 Å². The van der Waals surface area contributed by atoms with Gasteiger partial charge in [-0.2, -0.15) is 5.10 Å². The van der Waals surface area contributed by atoms with E-state index in [1.54, 1.807) is 6.07 Å². The van der Waals surface area contributed by atoms with E-state index in [0.29, 0.717) is 5.02 Å². The normalized spacial score (nSPS) is 23.2. The van der Waals surface area contributed by atoms with Crippen molar-refractivity contribution in [2.24, 2.45) is 5.10 Å². The van der Waals surface area contributed by atoms with E-state index in [1.807, 2.05) is 37.3 Å². The van der Waals surface area contributed by atoms with Crippen LogP contribution in [0.2, 0.25) is 5.02 Å². The molecule has 3 heterocycles. The highest BCUT2D eigenvalue weighted by molar-refractivity contribution is 6.30. The number of nitrogens with zero attached hydrogens (tertiary/aromatic N) is 3. The van der Waals surface area contributed by atoms with Crippen LogP contribution >= 0.6 is 11.6 Å². The van der Waals surface area contributed by atoms with E-state index in [9.17, 15) is 5.11 Å². The Labute approximate surface area is 170 Å². The van der Waals surface area contributed by atoms with Crippen molar-refractivity contribution in [3.05, 3.63) is 58.1 Å². The van der Waals surface area contributed by atoms with Gasteiger partial charge < -0.3 is 14.7 Å². The topological polar surface area (TPSA) is 48.3 Å². The van der Waals surface area contributed by atoms with Gasteiger partial charge in [0.25, 0.3) is 0 Å². The fourth-order valence-electron chi connectivity index (χ4n) is 4.60. The molecule has 2 aromatic rings. The van der Waals surface area contributed by atoms with E-state index in [-0.39, 0.29) is 11.8 Å². The van der Waals surface area contributed by atoms with Gasteiger partial charge in [0.05, 0.1) is 11.8 Å². The number of rotatable bonds is 1. The van der Waals surface area contributed by atoms with Gasteiger partial charge in [0.2, 0.25) is 5.72 Å². The van der Waals surface area contributed by atoms with E-state index in [4.69, 9.17) is 21.4 Å². The number of hydrogen-bond acceptors (Lipinski definition) is 5. The Kier molecular flexibility index (Phi) is 4.07. The molecule has 0 aromatic heterocycles. The summed E-state index contributed by atoms with van der Waals surface area (Å²) in [6.45, 7) is 3.96. The number of aryl methyl sites for hydroxylation is 1. The average Bonchev–Trinajstić information content (AvgIpc) is 3.13. The molecule has 1 fully saturated rings. The molecular weight excluding hydrogens is 374 g/mol. The maximum Gasteiger partial charge on any atom is 0.200 e. The van der Waals surface area contributed by atoms with E-state index in [2.05, 4.69) is 17.0 Å². The second kappa shape index (κ2) is 6.39. The number of phenols is 1. The van der Waals surface area contributed by atoms with E-state index < -0.39 is 5.72 Å². The third-order valence-corrected chi connectivity index (χ3v) is 6.43. The number of phenolic OH excluding ortho intramolecular Hbond substituents is 1. The van der Waals surface area contributed by atoms with Crippen LogP contribution < -0.4 is 4.74 Å². The van der Waals surface area contributed by atoms with Crippen molar-refractivity contribution in [3.8, 4) is 11.5 Å². The van der Waals surface area contributed by atoms with Gasteiger partial charge in [-0.05, 0) is 44.3 Å². The minimum atomic E-state index is -0.445. The van der Waals surface area contributed by atoms with Crippen LogP contribution in [0.25, 0.3) is 0 Å². The minimum absolute atomic E-state index is 0.0702. The molecule has 0 unspecified atom stereocenters. The number of ether oxygens (including phenoxy) is 1. The first-order chi connectivity index (χ1) is 13.4. The lowest BCUT2D eigenvalue weighted by molar-refractivity contribution is -0.147. The highest BCUT2D eigenvalue weighted by Gasteiger charge is 2.51. The first-order valence-electron chi connectivity index (χ1n) is 9.79. The summed E-state index contributed by atoms with van der Waals surface area (Å²) in [5.74, 6) is 1.17. The Morgan fingerprint density at radius 2 is 1.96 bits per heavy atom. The first-order valence-corrected chi connectivity index (χ1v) is 10.2. The van der Waals surface area contributed by atoms with Gasteiger partial charge in [-0.3, -0.25) is 0 Å². The highest BCUT2D eigenvalue weighted by atomic mass is 35.5. The summed E-state index contributed by atoms with van der Waals surface area (Å²) in [6.07, 6.45) is 2.50. The van der Waals surface area contributed by atoms with Crippen molar-refractivity contribution in [2.75, 3.05) is 20.1 Å². The first kappa shape index (κ1) is 17.8. The molecule has 2 aromatic carbocycles. The third-order valence-electron chi connectivity index (χ3n) is 6.19. The number of benzene rings is 2. The van der Waals surface area contributed by atoms with Gasteiger partial charge in [0.1, 0.15) is 11.5 Å². The molecule has 5 nitrogen and oxygen atoms in total. The minimum Gasteiger partial charge on any atom is -0.507 e. The zero-order valence-electron chi connectivity index (χ0n) is 16.2. The van der Waals surface area contributed by atoms with E-state index >= 15 is 0 Å². The lowest BCUT2D eigenvalue weighted by Crippen LogP contribution is -2.58. The highest BCUT2D eigenvalue weighted by Crippen LogP contribution is 2.50. The molecule has 1 atom stereocenters. The van der Waals surface area contributed by atoms with Crippen molar-refractivity contribution < 1.29 is 9.84 Å². The van der Waals surface area contributed by atoms with Crippen LogP contribution in [0.3, 0.4) is 0 Å². The van der Waals surface area contributed by atoms with Gasteiger partial charge >= 0.3 is 0 Å². The Morgan fingerprint density at radius 3 is 2.75 bits per heavy atom. The van der Waals surface area contributed by atoms with Crippen LogP contribution in [0.15, 0.2) is 41.5 Å².